The quantitative estimate of drug-likeness (QED) is 0.803. The van der Waals surface area contributed by atoms with E-state index in [1.54, 1.807) is 12.1 Å². The molecular weight excluding hydrogens is 279 g/mol. The largest absolute Gasteiger partial charge is 0.493 e. The number of hydrogen-bond acceptors (Lipinski definition) is 2. The van der Waals surface area contributed by atoms with Crippen molar-refractivity contribution in [1.82, 2.24) is 0 Å². The average Bonchev–Trinajstić information content (AvgIpc) is 2.86. The Balaban J connectivity index is 1.90. The predicted molar refractivity (Wildman–Crippen MR) is 75.1 cm³/mol. The van der Waals surface area contributed by atoms with E-state index in [0.29, 0.717) is 17.2 Å². The lowest BCUT2D eigenvalue weighted by Crippen LogP contribution is -2.05. The summed E-state index contributed by atoms with van der Waals surface area (Å²) in [6.45, 7) is 0.608. The Bertz CT molecular complexity index is 682. The van der Waals surface area contributed by atoms with Gasteiger partial charge in [-0.1, -0.05) is 23.7 Å². The first-order valence-electron chi connectivity index (χ1n) is 6.36. The van der Waals surface area contributed by atoms with E-state index in [1.807, 2.05) is 6.07 Å². The summed E-state index contributed by atoms with van der Waals surface area (Å²) >= 11 is 6.06. The second-order valence-corrected chi connectivity index (χ2v) is 5.20. The third-order valence-corrected chi connectivity index (χ3v) is 3.54. The van der Waals surface area contributed by atoms with Crippen LogP contribution in [0.15, 0.2) is 36.4 Å². The number of carbonyl (C=O) groups is 1. The maximum Gasteiger partial charge on any atom is 0.167 e. The third-order valence-electron chi connectivity index (χ3n) is 3.32. The van der Waals surface area contributed by atoms with Gasteiger partial charge in [-0.25, -0.2) is 4.39 Å². The minimum Gasteiger partial charge on any atom is -0.493 e. The first-order valence-corrected chi connectivity index (χ1v) is 6.74. The van der Waals surface area contributed by atoms with Gasteiger partial charge in [0.05, 0.1) is 6.61 Å². The Morgan fingerprint density at radius 3 is 2.95 bits per heavy atom. The number of benzene rings is 2. The van der Waals surface area contributed by atoms with Gasteiger partial charge in [0, 0.05) is 29.0 Å². The summed E-state index contributed by atoms with van der Waals surface area (Å²) in [5, 5.41) is 0.594. The highest BCUT2D eigenvalue weighted by atomic mass is 35.5. The highest BCUT2D eigenvalue weighted by molar-refractivity contribution is 6.30. The van der Waals surface area contributed by atoms with E-state index in [2.05, 4.69) is 0 Å². The van der Waals surface area contributed by atoms with E-state index in [-0.39, 0.29) is 12.2 Å². The highest BCUT2D eigenvalue weighted by Gasteiger charge is 2.20. The fraction of sp³-hybridized carbons (Fsp3) is 0.188. The molecule has 3 rings (SSSR count). The van der Waals surface area contributed by atoms with Gasteiger partial charge in [-0.05, 0) is 29.8 Å². The van der Waals surface area contributed by atoms with Gasteiger partial charge < -0.3 is 4.74 Å². The molecule has 0 bridgehead atoms. The van der Waals surface area contributed by atoms with Crippen LogP contribution in [-0.2, 0) is 12.8 Å². The Kier molecular flexibility index (Phi) is 3.45. The molecule has 0 aliphatic carbocycles. The topological polar surface area (TPSA) is 26.3 Å². The van der Waals surface area contributed by atoms with E-state index in [4.69, 9.17) is 16.3 Å². The van der Waals surface area contributed by atoms with Crippen LogP contribution in [0, 0.1) is 5.82 Å². The molecule has 2 aromatic rings. The summed E-state index contributed by atoms with van der Waals surface area (Å²) in [5.41, 5.74) is 2.15. The number of Topliss-reactive ketones (excluding diaryl/α,β-unsaturated/α-hetero) is 1. The Hall–Kier alpha value is -1.87. The number of ketones is 1. The molecule has 0 spiro atoms. The lowest BCUT2D eigenvalue weighted by Gasteiger charge is -2.08. The Morgan fingerprint density at radius 2 is 2.15 bits per heavy atom. The van der Waals surface area contributed by atoms with Crippen molar-refractivity contribution in [2.24, 2.45) is 0 Å². The molecule has 0 fully saturated rings. The maximum atomic E-state index is 13.2. The van der Waals surface area contributed by atoms with E-state index in [9.17, 15) is 9.18 Å². The van der Waals surface area contributed by atoms with Crippen LogP contribution in [0.2, 0.25) is 5.02 Å². The molecule has 1 aliphatic heterocycles. The second-order valence-electron chi connectivity index (χ2n) is 4.76. The van der Waals surface area contributed by atoms with Crippen LogP contribution in [0.25, 0.3) is 0 Å². The molecule has 4 heteroatoms. The van der Waals surface area contributed by atoms with Crippen molar-refractivity contribution in [3.8, 4) is 5.75 Å². The number of fused-ring (bicyclic) bond motifs is 1. The number of hydrogen-bond donors (Lipinski definition) is 0. The molecule has 0 N–H and O–H groups in total. The SMILES string of the molecule is O=C(Cc1cc(Cl)cc2c1OCC2)c1cccc(F)c1. The molecule has 2 nitrogen and oxygen atoms in total. The average molecular weight is 291 g/mol. The van der Waals surface area contributed by atoms with Gasteiger partial charge in [0.1, 0.15) is 11.6 Å². The fourth-order valence-electron chi connectivity index (χ4n) is 2.41. The minimum absolute atomic E-state index is 0.149. The normalized spacial score (nSPS) is 12.9. The molecule has 0 amide bonds. The Labute approximate surface area is 121 Å². The predicted octanol–water partition coefficient (Wildman–Crippen LogP) is 3.84. The molecular formula is C16H12ClFO2. The van der Waals surface area contributed by atoms with Crippen molar-refractivity contribution < 1.29 is 13.9 Å². The smallest absolute Gasteiger partial charge is 0.167 e. The summed E-state index contributed by atoms with van der Waals surface area (Å²) in [5.74, 6) is 0.187. The lowest BCUT2D eigenvalue weighted by atomic mass is 10.00. The molecule has 2 aromatic carbocycles. The van der Waals surface area contributed by atoms with Gasteiger partial charge in [0.25, 0.3) is 0 Å². The van der Waals surface area contributed by atoms with Crippen LogP contribution in [-0.4, -0.2) is 12.4 Å². The van der Waals surface area contributed by atoms with E-state index in [1.165, 1.54) is 18.2 Å². The second kappa shape index (κ2) is 5.25. The van der Waals surface area contributed by atoms with Crippen LogP contribution >= 0.6 is 11.6 Å². The lowest BCUT2D eigenvalue weighted by molar-refractivity contribution is 0.0991. The first-order chi connectivity index (χ1) is 9.63. The molecule has 1 aliphatic rings. The summed E-state index contributed by atoms with van der Waals surface area (Å²) in [6.07, 6.45) is 0.962. The third kappa shape index (κ3) is 2.54. The van der Waals surface area contributed by atoms with Crippen molar-refractivity contribution in [2.45, 2.75) is 12.8 Å². The minimum atomic E-state index is -0.413. The number of halogens is 2. The number of carbonyl (C=O) groups excluding carboxylic acids is 1. The summed E-state index contributed by atoms with van der Waals surface area (Å²) in [7, 11) is 0. The van der Waals surface area contributed by atoms with Gasteiger partial charge in [-0.15, -0.1) is 0 Å². The van der Waals surface area contributed by atoms with Crippen molar-refractivity contribution >= 4 is 17.4 Å². The van der Waals surface area contributed by atoms with Crippen molar-refractivity contribution in [1.29, 1.82) is 0 Å². The van der Waals surface area contributed by atoms with E-state index < -0.39 is 5.82 Å². The zero-order valence-corrected chi connectivity index (χ0v) is 11.4. The summed E-state index contributed by atoms with van der Waals surface area (Å²) < 4.78 is 18.7. The van der Waals surface area contributed by atoms with Gasteiger partial charge in [-0.3, -0.25) is 4.79 Å². The van der Waals surface area contributed by atoms with Gasteiger partial charge in [-0.2, -0.15) is 0 Å². The molecule has 0 saturated heterocycles. The first kappa shape index (κ1) is 13.1. The highest BCUT2D eigenvalue weighted by Crippen LogP contribution is 2.33. The summed E-state index contributed by atoms with van der Waals surface area (Å²) in [4.78, 5) is 12.2. The van der Waals surface area contributed by atoms with Crippen LogP contribution in [0.3, 0.4) is 0 Å². The van der Waals surface area contributed by atoms with Crippen LogP contribution in [0.4, 0.5) is 4.39 Å². The number of ether oxygens (including phenoxy) is 1. The molecule has 0 radical (unpaired) electrons. The molecule has 102 valence electrons. The molecule has 0 atom stereocenters. The standard InChI is InChI=1S/C16H12ClFO2/c17-13-6-11-4-5-20-16(11)12(7-13)9-15(19)10-2-1-3-14(18)8-10/h1-3,6-8H,4-5,9H2. The zero-order chi connectivity index (χ0) is 14.1. The molecule has 20 heavy (non-hydrogen) atoms. The molecule has 1 heterocycles. The van der Waals surface area contributed by atoms with Gasteiger partial charge in [0.15, 0.2) is 5.78 Å². The van der Waals surface area contributed by atoms with E-state index >= 15 is 0 Å². The molecule has 0 saturated carbocycles. The number of rotatable bonds is 3. The van der Waals surface area contributed by atoms with Crippen LogP contribution < -0.4 is 4.74 Å². The summed E-state index contributed by atoms with van der Waals surface area (Å²) in [6, 6.07) is 9.30. The molecule has 0 aromatic heterocycles. The molecule has 0 unspecified atom stereocenters. The van der Waals surface area contributed by atoms with Crippen LogP contribution in [0.5, 0.6) is 5.75 Å². The van der Waals surface area contributed by atoms with Crippen LogP contribution in [0.1, 0.15) is 21.5 Å². The van der Waals surface area contributed by atoms with Crippen molar-refractivity contribution in [2.75, 3.05) is 6.61 Å². The van der Waals surface area contributed by atoms with Gasteiger partial charge in [0.2, 0.25) is 0 Å². The monoisotopic (exact) mass is 290 g/mol. The fourth-order valence-corrected chi connectivity index (χ4v) is 2.68. The van der Waals surface area contributed by atoms with E-state index in [0.717, 1.165) is 23.3 Å². The maximum absolute atomic E-state index is 13.2. The van der Waals surface area contributed by atoms with Gasteiger partial charge >= 0.3 is 0 Å². The Morgan fingerprint density at radius 1 is 1.30 bits per heavy atom. The zero-order valence-electron chi connectivity index (χ0n) is 10.7. The van der Waals surface area contributed by atoms with Crippen molar-refractivity contribution in [3.05, 3.63) is 63.9 Å². The van der Waals surface area contributed by atoms with Crippen molar-refractivity contribution in [3.63, 3.8) is 0 Å².